The van der Waals surface area contributed by atoms with Crippen LogP contribution in [-0.2, 0) is 4.79 Å². The van der Waals surface area contributed by atoms with Gasteiger partial charge in [-0.3, -0.25) is 19.0 Å². The third-order valence-electron chi connectivity index (χ3n) is 6.37. The summed E-state index contributed by atoms with van der Waals surface area (Å²) in [5.41, 5.74) is 2.36. The molecule has 5 aromatic rings. The van der Waals surface area contributed by atoms with E-state index < -0.39 is 6.04 Å². The highest BCUT2D eigenvalue weighted by Crippen LogP contribution is 2.29. The fourth-order valence-corrected chi connectivity index (χ4v) is 5.16. The van der Waals surface area contributed by atoms with Crippen LogP contribution in [0.5, 0.6) is 11.5 Å². The lowest BCUT2D eigenvalue weighted by Gasteiger charge is -2.15. The number of anilines is 2. The number of hydrogen-bond acceptors (Lipinski definition) is 6. The summed E-state index contributed by atoms with van der Waals surface area (Å²) >= 11 is 1.16. The molecule has 2 aromatic heterocycles. The zero-order valence-corrected chi connectivity index (χ0v) is 22.4. The molecule has 0 spiro atoms. The third-order valence-corrected chi connectivity index (χ3v) is 7.57. The van der Waals surface area contributed by atoms with E-state index in [0.717, 1.165) is 16.9 Å². The SMILES string of the molecule is Cc1ccccc1NC(=O)c1sc2ncn(C(C)C(=O)Nc3ccc(Oc4ccccc4)cc3)c(=O)c2c1C. The van der Waals surface area contributed by atoms with Crippen molar-refractivity contribution >= 4 is 44.7 Å². The van der Waals surface area contributed by atoms with E-state index in [2.05, 4.69) is 15.6 Å². The number of carbonyl (C=O) groups excluding carboxylic acids is 2. The van der Waals surface area contributed by atoms with E-state index in [9.17, 15) is 14.4 Å². The number of benzene rings is 3. The summed E-state index contributed by atoms with van der Waals surface area (Å²) in [5.74, 6) is 0.666. The number of amides is 2. The molecule has 0 saturated carbocycles. The molecule has 2 amide bonds. The first-order chi connectivity index (χ1) is 18.8. The van der Waals surface area contributed by atoms with Gasteiger partial charge in [-0.2, -0.15) is 0 Å². The molecule has 8 nitrogen and oxygen atoms in total. The van der Waals surface area contributed by atoms with Crippen LogP contribution in [0.1, 0.15) is 33.8 Å². The highest BCUT2D eigenvalue weighted by molar-refractivity contribution is 7.20. The van der Waals surface area contributed by atoms with E-state index in [1.54, 1.807) is 38.1 Å². The largest absolute Gasteiger partial charge is 0.457 e. The van der Waals surface area contributed by atoms with Gasteiger partial charge in [0.05, 0.1) is 16.6 Å². The maximum atomic E-state index is 13.4. The predicted octanol–water partition coefficient (Wildman–Crippen LogP) is 6.32. The summed E-state index contributed by atoms with van der Waals surface area (Å²) in [4.78, 5) is 44.7. The van der Waals surface area contributed by atoms with Crippen molar-refractivity contribution in [3.8, 4) is 11.5 Å². The van der Waals surface area contributed by atoms with Crippen LogP contribution in [0, 0.1) is 13.8 Å². The number of aryl methyl sites for hydroxylation is 2. The fourth-order valence-electron chi connectivity index (χ4n) is 4.13. The molecule has 0 radical (unpaired) electrons. The van der Waals surface area contributed by atoms with Crippen molar-refractivity contribution in [1.82, 2.24) is 9.55 Å². The second-order valence-electron chi connectivity index (χ2n) is 9.07. The molecule has 0 saturated heterocycles. The number of hydrogen-bond donors (Lipinski definition) is 2. The minimum absolute atomic E-state index is 0.304. The molecule has 0 fully saturated rings. The lowest BCUT2D eigenvalue weighted by atomic mass is 10.1. The summed E-state index contributed by atoms with van der Waals surface area (Å²) in [6, 6.07) is 23.0. The number of nitrogens with zero attached hydrogens (tertiary/aromatic N) is 2. The average molecular weight is 539 g/mol. The Morgan fingerprint density at radius 1 is 0.897 bits per heavy atom. The lowest BCUT2D eigenvalue weighted by molar-refractivity contribution is -0.118. The van der Waals surface area contributed by atoms with E-state index in [-0.39, 0.29) is 17.4 Å². The van der Waals surface area contributed by atoms with Crippen LogP contribution in [0.4, 0.5) is 11.4 Å². The van der Waals surface area contributed by atoms with Crippen LogP contribution in [0.25, 0.3) is 10.2 Å². The van der Waals surface area contributed by atoms with Gasteiger partial charge in [0.2, 0.25) is 5.91 Å². The van der Waals surface area contributed by atoms with Crippen molar-refractivity contribution in [2.75, 3.05) is 10.6 Å². The Balaban J connectivity index is 1.33. The Morgan fingerprint density at radius 3 is 2.28 bits per heavy atom. The van der Waals surface area contributed by atoms with Crippen LogP contribution >= 0.6 is 11.3 Å². The molecule has 5 rings (SSSR count). The predicted molar refractivity (Wildman–Crippen MR) is 154 cm³/mol. The molecule has 2 heterocycles. The Hall–Kier alpha value is -4.76. The van der Waals surface area contributed by atoms with Crippen molar-refractivity contribution in [3.63, 3.8) is 0 Å². The molecule has 0 aliphatic heterocycles. The van der Waals surface area contributed by atoms with Gasteiger partial charge in [0.1, 0.15) is 22.4 Å². The number of para-hydroxylation sites is 2. The molecular weight excluding hydrogens is 512 g/mol. The van der Waals surface area contributed by atoms with E-state index in [4.69, 9.17) is 4.74 Å². The monoisotopic (exact) mass is 538 g/mol. The number of nitrogens with one attached hydrogen (secondary N) is 2. The number of aromatic nitrogens is 2. The molecule has 0 aliphatic rings. The molecule has 0 bridgehead atoms. The molecule has 1 unspecified atom stereocenters. The van der Waals surface area contributed by atoms with E-state index in [1.807, 2.05) is 61.5 Å². The molecule has 0 aliphatic carbocycles. The minimum atomic E-state index is -0.835. The van der Waals surface area contributed by atoms with Gasteiger partial charge in [-0.15, -0.1) is 11.3 Å². The van der Waals surface area contributed by atoms with Crippen molar-refractivity contribution in [3.05, 3.63) is 112 Å². The van der Waals surface area contributed by atoms with Crippen LogP contribution in [0.3, 0.4) is 0 Å². The molecule has 2 N–H and O–H groups in total. The lowest BCUT2D eigenvalue weighted by Crippen LogP contribution is -2.31. The van der Waals surface area contributed by atoms with Gasteiger partial charge in [-0.25, -0.2) is 4.98 Å². The zero-order chi connectivity index (χ0) is 27.5. The van der Waals surface area contributed by atoms with Crippen LogP contribution in [-0.4, -0.2) is 21.4 Å². The highest BCUT2D eigenvalue weighted by atomic mass is 32.1. The van der Waals surface area contributed by atoms with Crippen LogP contribution in [0.15, 0.2) is 90.0 Å². The van der Waals surface area contributed by atoms with Gasteiger partial charge in [-0.05, 0) is 74.4 Å². The van der Waals surface area contributed by atoms with Crippen LogP contribution in [0.2, 0.25) is 0 Å². The molecule has 39 heavy (non-hydrogen) atoms. The Labute approximate surface area is 228 Å². The summed E-state index contributed by atoms with van der Waals surface area (Å²) < 4.78 is 7.07. The molecular formula is C30H26N4O4S. The van der Waals surface area contributed by atoms with Crippen molar-refractivity contribution in [1.29, 1.82) is 0 Å². The van der Waals surface area contributed by atoms with Crippen LogP contribution < -0.4 is 20.9 Å². The second-order valence-corrected chi connectivity index (χ2v) is 10.1. The van der Waals surface area contributed by atoms with Crippen molar-refractivity contribution in [2.24, 2.45) is 0 Å². The standard InChI is InChI=1S/C30H26N4O4S/c1-18-9-7-8-12-24(18)33-28(36)26-19(2)25-29(39-26)31-17-34(30(25)37)20(3)27(35)32-21-13-15-23(16-14-21)38-22-10-5-4-6-11-22/h4-17,20H,1-3H3,(H,32,35)(H,33,36). The summed E-state index contributed by atoms with van der Waals surface area (Å²) in [6.07, 6.45) is 1.35. The molecule has 1 atom stereocenters. The van der Waals surface area contributed by atoms with Gasteiger partial charge in [0.15, 0.2) is 0 Å². The minimum Gasteiger partial charge on any atom is -0.457 e. The molecule has 9 heteroatoms. The maximum Gasteiger partial charge on any atom is 0.266 e. The first-order valence-electron chi connectivity index (χ1n) is 12.3. The number of fused-ring (bicyclic) bond motifs is 1. The summed E-state index contributed by atoms with van der Waals surface area (Å²) in [5, 5.41) is 6.08. The van der Waals surface area contributed by atoms with Crippen molar-refractivity contribution in [2.45, 2.75) is 26.8 Å². The summed E-state index contributed by atoms with van der Waals surface area (Å²) in [7, 11) is 0. The van der Waals surface area contributed by atoms with Gasteiger partial charge >= 0.3 is 0 Å². The fraction of sp³-hybridized carbons (Fsp3) is 0.133. The van der Waals surface area contributed by atoms with Crippen molar-refractivity contribution < 1.29 is 14.3 Å². The van der Waals surface area contributed by atoms with E-state index >= 15 is 0 Å². The second kappa shape index (κ2) is 10.9. The van der Waals surface area contributed by atoms with Gasteiger partial charge in [0.25, 0.3) is 11.5 Å². The molecule has 3 aromatic carbocycles. The Bertz CT molecular complexity index is 1730. The topological polar surface area (TPSA) is 102 Å². The van der Waals surface area contributed by atoms with Gasteiger partial charge in [-0.1, -0.05) is 36.4 Å². The smallest absolute Gasteiger partial charge is 0.266 e. The Morgan fingerprint density at radius 2 is 1.56 bits per heavy atom. The zero-order valence-electron chi connectivity index (χ0n) is 21.6. The van der Waals surface area contributed by atoms with Gasteiger partial charge < -0.3 is 15.4 Å². The average Bonchev–Trinajstić information content (AvgIpc) is 3.28. The molecule has 196 valence electrons. The number of ether oxygens (including phenoxy) is 1. The van der Waals surface area contributed by atoms with Gasteiger partial charge in [0, 0.05) is 11.4 Å². The third kappa shape index (κ3) is 5.44. The Kier molecular flexibility index (Phi) is 7.25. The normalized spacial score (nSPS) is 11.7. The maximum absolute atomic E-state index is 13.4. The first kappa shape index (κ1) is 25.9. The van der Waals surface area contributed by atoms with E-state index in [0.29, 0.717) is 43.5 Å². The number of carbonyl (C=O) groups is 2. The first-order valence-corrected chi connectivity index (χ1v) is 13.1. The van der Waals surface area contributed by atoms with E-state index in [1.165, 1.54) is 10.9 Å². The number of rotatable bonds is 7. The quantitative estimate of drug-likeness (QED) is 0.253. The number of thiophene rings is 1. The summed E-state index contributed by atoms with van der Waals surface area (Å²) in [6.45, 7) is 5.26. The highest BCUT2D eigenvalue weighted by Gasteiger charge is 2.23.